The maximum Gasteiger partial charge on any atom is 0.271 e. The van der Waals surface area contributed by atoms with Crippen LogP contribution in [0.2, 0.25) is 10.0 Å². The highest BCUT2D eigenvalue weighted by atomic mass is 35.5. The number of aromatic nitrogens is 2. The van der Waals surface area contributed by atoms with Crippen LogP contribution in [0.5, 0.6) is 0 Å². The summed E-state index contributed by atoms with van der Waals surface area (Å²) in [5.41, 5.74) is 0.829. The second-order valence-corrected chi connectivity index (χ2v) is 5.94. The standard InChI is InChI=1S/C15H14Cl2N4O2/c16-11-3-1-2-10(13(11)17)14(22)20-6-8-21(9-7-20)15(23)12-4-5-18-19-12/h1-5H,6-9H2,(H,18,19). The molecular weight excluding hydrogens is 339 g/mol. The molecule has 1 aliphatic rings. The van der Waals surface area contributed by atoms with Gasteiger partial charge in [0.2, 0.25) is 0 Å². The quantitative estimate of drug-likeness (QED) is 0.901. The number of hydrogen-bond donors (Lipinski definition) is 1. The van der Waals surface area contributed by atoms with Crippen molar-refractivity contribution in [3.8, 4) is 0 Å². The predicted molar refractivity (Wildman–Crippen MR) is 86.9 cm³/mol. The van der Waals surface area contributed by atoms with Crippen LogP contribution in [0.15, 0.2) is 30.5 Å². The van der Waals surface area contributed by atoms with Gasteiger partial charge in [-0.2, -0.15) is 5.10 Å². The van der Waals surface area contributed by atoms with Gasteiger partial charge in [0.25, 0.3) is 11.8 Å². The van der Waals surface area contributed by atoms with Crippen molar-refractivity contribution < 1.29 is 9.59 Å². The molecule has 120 valence electrons. The number of piperazine rings is 1. The summed E-state index contributed by atoms with van der Waals surface area (Å²) >= 11 is 12.1. The maximum atomic E-state index is 12.5. The van der Waals surface area contributed by atoms with Crippen molar-refractivity contribution in [1.82, 2.24) is 20.0 Å². The van der Waals surface area contributed by atoms with E-state index >= 15 is 0 Å². The highest BCUT2D eigenvalue weighted by molar-refractivity contribution is 6.43. The van der Waals surface area contributed by atoms with E-state index in [0.717, 1.165) is 0 Å². The van der Waals surface area contributed by atoms with Gasteiger partial charge in [0, 0.05) is 32.4 Å². The lowest BCUT2D eigenvalue weighted by atomic mass is 10.1. The van der Waals surface area contributed by atoms with Gasteiger partial charge < -0.3 is 9.80 Å². The average Bonchev–Trinajstić information content (AvgIpc) is 3.11. The summed E-state index contributed by atoms with van der Waals surface area (Å²) in [6.45, 7) is 1.81. The van der Waals surface area contributed by atoms with Gasteiger partial charge in [-0.1, -0.05) is 29.3 Å². The Labute approximate surface area is 143 Å². The Hall–Kier alpha value is -2.05. The number of nitrogens with one attached hydrogen (secondary N) is 1. The lowest BCUT2D eigenvalue weighted by molar-refractivity contribution is 0.0532. The molecule has 6 nitrogen and oxygen atoms in total. The molecule has 8 heteroatoms. The molecule has 2 amide bonds. The van der Waals surface area contributed by atoms with Gasteiger partial charge in [0.1, 0.15) is 5.69 Å². The molecule has 0 aliphatic carbocycles. The van der Waals surface area contributed by atoms with Crippen LogP contribution < -0.4 is 0 Å². The van der Waals surface area contributed by atoms with Crippen LogP contribution in [0.1, 0.15) is 20.8 Å². The molecule has 1 fully saturated rings. The van der Waals surface area contributed by atoms with E-state index in [1.54, 1.807) is 34.1 Å². The molecular formula is C15H14Cl2N4O2. The summed E-state index contributed by atoms with van der Waals surface area (Å²) in [7, 11) is 0. The molecule has 0 radical (unpaired) electrons. The van der Waals surface area contributed by atoms with Gasteiger partial charge in [-0.25, -0.2) is 0 Å². The van der Waals surface area contributed by atoms with E-state index in [4.69, 9.17) is 23.2 Å². The minimum absolute atomic E-state index is 0.115. The predicted octanol–water partition coefficient (Wildman–Crippen LogP) is 2.31. The summed E-state index contributed by atoms with van der Waals surface area (Å²) in [6.07, 6.45) is 1.54. The summed E-state index contributed by atoms with van der Waals surface area (Å²) in [4.78, 5) is 28.1. The van der Waals surface area contributed by atoms with E-state index in [0.29, 0.717) is 42.5 Å². The molecule has 1 aliphatic heterocycles. The van der Waals surface area contributed by atoms with Gasteiger partial charge in [0.05, 0.1) is 15.6 Å². The van der Waals surface area contributed by atoms with Crippen LogP contribution in [0.25, 0.3) is 0 Å². The van der Waals surface area contributed by atoms with E-state index < -0.39 is 0 Å². The Morgan fingerprint density at radius 1 is 1.00 bits per heavy atom. The largest absolute Gasteiger partial charge is 0.335 e. The molecule has 0 spiro atoms. The second-order valence-electron chi connectivity index (χ2n) is 5.16. The molecule has 1 N–H and O–H groups in total. The monoisotopic (exact) mass is 352 g/mol. The molecule has 1 aromatic carbocycles. The van der Waals surface area contributed by atoms with Crippen LogP contribution >= 0.6 is 23.2 Å². The third-order valence-corrected chi connectivity index (χ3v) is 4.59. The number of benzene rings is 1. The Morgan fingerprint density at radius 2 is 1.65 bits per heavy atom. The minimum Gasteiger partial charge on any atom is -0.335 e. The van der Waals surface area contributed by atoms with E-state index in [1.165, 1.54) is 6.20 Å². The summed E-state index contributed by atoms with van der Waals surface area (Å²) in [5.74, 6) is -0.290. The first-order valence-corrected chi connectivity index (χ1v) is 7.85. The molecule has 0 atom stereocenters. The van der Waals surface area contributed by atoms with E-state index in [1.807, 2.05) is 0 Å². The molecule has 0 bridgehead atoms. The second kappa shape index (κ2) is 6.60. The number of hydrogen-bond acceptors (Lipinski definition) is 3. The van der Waals surface area contributed by atoms with Gasteiger partial charge in [0.15, 0.2) is 0 Å². The number of aromatic amines is 1. The Bertz CT molecular complexity index is 725. The number of carbonyl (C=O) groups excluding carboxylic acids is 2. The van der Waals surface area contributed by atoms with E-state index in [2.05, 4.69) is 10.2 Å². The zero-order valence-electron chi connectivity index (χ0n) is 12.1. The first-order valence-electron chi connectivity index (χ1n) is 7.10. The van der Waals surface area contributed by atoms with Crippen LogP contribution in [-0.4, -0.2) is 58.0 Å². The summed E-state index contributed by atoms with van der Waals surface area (Å²) in [5, 5.41) is 7.04. The van der Waals surface area contributed by atoms with Crippen molar-refractivity contribution >= 4 is 35.0 Å². The smallest absolute Gasteiger partial charge is 0.271 e. The molecule has 0 saturated carbocycles. The SMILES string of the molecule is O=C(c1ccn[nH]1)N1CCN(C(=O)c2cccc(Cl)c2Cl)CC1. The van der Waals surface area contributed by atoms with Crippen molar-refractivity contribution in [1.29, 1.82) is 0 Å². The number of nitrogens with zero attached hydrogens (tertiary/aromatic N) is 3. The maximum absolute atomic E-state index is 12.5. The fraction of sp³-hybridized carbons (Fsp3) is 0.267. The molecule has 1 aromatic heterocycles. The fourth-order valence-electron chi connectivity index (χ4n) is 2.50. The van der Waals surface area contributed by atoms with Crippen molar-refractivity contribution in [2.45, 2.75) is 0 Å². The molecule has 23 heavy (non-hydrogen) atoms. The molecule has 3 rings (SSSR count). The van der Waals surface area contributed by atoms with Gasteiger partial charge >= 0.3 is 0 Å². The first-order chi connectivity index (χ1) is 11.1. The first kappa shape index (κ1) is 15.8. The van der Waals surface area contributed by atoms with Gasteiger partial charge in [-0.3, -0.25) is 14.7 Å². The van der Waals surface area contributed by atoms with Gasteiger partial charge in [-0.05, 0) is 18.2 Å². The number of amides is 2. The Kier molecular flexibility index (Phi) is 4.54. The molecule has 0 unspecified atom stereocenters. The lowest BCUT2D eigenvalue weighted by Crippen LogP contribution is -2.50. The summed E-state index contributed by atoms with van der Waals surface area (Å²) in [6, 6.07) is 6.62. The van der Waals surface area contributed by atoms with Crippen molar-refractivity contribution in [2.75, 3.05) is 26.2 Å². The zero-order valence-corrected chi connectivity index (χ0v) is 13.6. The van der Waals surface area contributed by atoms with Crippen molar-refractivity contribution in [3.63, 3.8) is 0 Å². The van der Waals surface area contributed by atoms with E-state index in [9.17, 15) is 9.59 Å². The highest BCUT2D eigenvalue weighted by Gasteiger charge is 2.27. The number of rotatable bonds is 2. The third kappa shape index (κ3) is 3.18. The van der Waals surface area contributed by atoms with Crippen LogP contribution in [0, 0.1) is 0 Å². The summed E-state index contributed by atoms with van der Waals surface area (Å²) < 4.78 is 0. The Morgan fingerprint density at radius 3 is 2.26 bits per heavy atom. The molecule has 2 aromatic rings. The van der Waals surface area contributed by atoms with Gasteiger partial charge in [-0.15, -0.1) is 0 Å². The van der Waals surface area contributed by atoms with Crippen LogP contribution in [0.3, 0.4) is 0 Å². The van der Waals surface area contributed by atoms with Crippen molar-refractivity contribution in [2.24, 2.45) is 0 Å². The lowest BCUT2D eigenvalue weighted by Gasteiger charge is -2.34. The van der Waals surface area contributed by atoms with Crippen LogP contribution in [0.4, 0.5) is 0 Å². The van der Waals surface area contributed by atoms with Crippen molar-refractivity contribution in [3.05, 3.63) is 51.8 Å². The van der Waals surface area contributed by atoms with E-state index in [-0.39, 0.29) is 16.8 Å². The average molecular weight is 353 g/mol. The Balaban J connectivity index is 1.66. The topological polar surface area (TPSA) is 69.3 Å². The third-order valence-electron chi connectivity index (χ3n) is 3.77. The zero-order chi connectivity index (χ0) is 16.4. The number of halogens is 2. The molecule has 2 heterocycles. The fourth-order valence-corrected chi connectivity index (χ4v) is 2.88. The molecule has 1 saturated heterocycles. The highest BCUT2D eigenvalue weighted by Crippen LogP contribution is 2.26. The normalized spacial score (nSPS) is 14.9. The minimum atomic E-state index is -0.175. The number of H-pyrrole nitrogens is 1. The van der Waals surface area contributed by atoms with Crippen LogP contribution in [-0.2, 0) is 0 Å². The number of carbonyl (C=O) groups is 2.